The Bertz CT molecular complexity index is 196. The van der Waals surface area contributed by atoms with E-state index >= 15 is 0 Å². The second-order valence-electron chi connectivity index (χ2n) is 5.43. The van der Waals surface area contributed by atoms with Crippen LogP contribution in [0, 0.1) is 11.8 Å². The van der Waals surface area contributed by atoms with Crippen molar-refractivity contribution in [3.8, 4) is 0 Å². The summed E-state index contributed by atoms with van der Waals surface area (Å²) < 4.78 is 5.41. The Morgan fingerprint density at radius 1 is 1.00 bits per heavy atom. The first-order chi connectivity index (χ1) is 7.81. The van der Waals surface area contributed by atoms with Crippen LogP contribution in [0.25, 0.3) is 0 Å². The molecule has 3 heteroatoms. The Morgan fingerprint density at radius 3 is 2.12 bits per heavy atom. The van der Waals surface area contributed by atoms with E-state index in [0.29, 0.717) is 12.0 Å². The Labute approximate surface area is 99.1 Å². The lowest BCUT2D eigenvalue weighted by atomic mass is 9.75. The van der Waals surface area contributed by atoms with E-state index in [9.17, 15) is 0 Å². The van der Waals surface area contributed by atoms with Gasteiger partial charge in [-0.3, -0.25) is 0 Å². The maximum Gasteiger partial charge on any atom is 0.0469 e. The molecule has 1 saturated carbocycles. The molecule has 3 N–H and O–H groups in total. The lowest BCUT2D eigenvalue weighted by molar-refractivity contribution is 0.0469. The Balaban J connectivity index is 1.78. The fourth-order valence-corrected chi connectivity index (χ4v) is 3.28. The van der Waals surface area contributed by atoms with E-state index in [0.717, 1.165) is 25.2 Å². The molecule has 0 aromatic rings. The molecule has 2 fully saturated rings. The molecule has 0 radical (unpaired) electrons. The molecule has 16 heavy (non-hydrogen) atoms. The molecule has 94 valence electrons. The first kappa shape index (κ1) is 12.3. The van der Waals surface area contributed by atoms with E-state index in [1.165, 1.54) is 38.5 Å². The maximum atomic E-state index is 6.43. The van der Waals surface area contributed by atoms with Crippen LogP contribution in [0.3, 0.4) is 0 Å². The first-order valence-electron chi connectivity index (χ1n) is 6.82. The lowest BCUT2D eigenvalue weighted by Crippen LogP contribution is -2.43. The zero-order valence-electron chi connectivity index (χ0n) is 10.5. The van der Waals surface area contributed by atoms with Crippen molar-refractivity contribution in [2.45, 2.75) is 50.6 Å². The Hall–Kier alpha value is -0.120. The number of nitrogens with two attached hydrogens (primary N) is 1. The molecule has 0 bridgehead atoms. The normalized spacial score (nSPS) is 34.9. The van der Waals surface area contributed by atoms with Crippen molar-refractivity contribution in [2.75, 3.05) is 20.3 Å². The van der Waals surface area contributed by atoms with Gasteiger partial charge in [0.25, 0.3) is 0 Å². The summed E-state index contributed by atoms with van der Waals surface area (Å²) in [5, 5.41) is 3.38. The van der Waals surface area contributed by atoms with Crippen molar-refractivity contribution in [1.82, 2.24) is 5.32 Å². The second kappa shape index (κ2) is 5.99. The molecule has 1 aliphatic heterocycles. The van der Waals surface area contributed by atoms with Crippen LogP contribution in [0.4, 0.5) is 0 Å². The molecule has 1 aliphatic carbocycles. The van der Waals surface area contributed by atoms with Crippen LogP contribution in [0.1, 0.15) is 38.5 Å². The van der Waals surface area contributed by atoms with Gasteiger partial charge >= 0.3 is 0 Å². The maximum absolute atomic E-state index is 6.43. The van der Waals surface area contributed by atoms with E-state index < -0.39 is 0 Å². The minimum Gasteiger partial charge on any atom is -0.381 e. The molecule has 2 aliphatic rings. The highest BCUT2D eigenvalue weighted by atomic mass is 16.5. The molecular weight excluding hydrogens is 200 g/mol. The van der Waals surface area contributed by atoms with Gasteiger partial charge in [0.2, 0.25) is 0 Å². The summed E-state index contributed by atoms with van der Waals surface area (Å²) in [6.45, 7) is 1.84. The smallest absolute Gasteiger partial charge is 0.0469 e. The fraction of sp³-hybridized carbons (Fsp3) is 1.00. The lowest BCUT2D eigenvalue weighted by Gasteiger charge is -2.37. The molecule has 3 nitrogen and oxygen atoms in total. The molecule has 1 saturated heterocycles. The average Bonchev–Trinajstić information content (AvgIpc) is 2.39. The Morgan fingerprint density at radius 2 is 1.56 bits per heavy atom. The third-order valence-electron chi connectivity index (χ3n) is 4.53. The van der Waals surface area contributed by atoms with Gasteiger partial charge in [-0.2, -0.15) is 0 Å². The Kier molecular flexibility index (Phi) is 4.62. The van der Waals surface area contributed by atoms with Crippen LogP contribution in [0.15, 0.2) is 0 Å². The summed E-state index contributed by atoms with van der Waals surface area (Å²) in [7, 11) is 2.07. The third-order valence-corrected chi connectivity index (χ3v) is 4.53. The highest BCUT2D eigenvalue weighted by Gasteiger charge is 2.30. The molecule has 0 spiro atoms. The molecule has 0 aromatic carbocycles. The van der Waals surface area contributed by atoms with E-state index in [4.69, 9.17) is 10.5 Å². The van der Waals surface area contributed by atoms with Crippen LogP contribution in [-0.2, 0) is 4.74 Å². The van der Waals surface area contributed by atoms with Crippen molar-refractivity contribution in [2.24, 2.45) is 17.6 Å². The molecule has 1 heterocycles. The summed E-state index contributed by atoms with van der Waals surface area (Å²) in [5.41, 5.74) is 6.43. The number of hydrogen-bond acceptors (Lipinski definition) is 3. The zero-order valence-corrected chi connectivity index (χ0v) is 10.5. The van der Waals surface area contributed by atoms with Crippen LogP contribution in [-0.4, -0.2) is 32.3 Å². The van der Waals surface area contributed by atoms with Crippen molar-refractivity contribution < 1.29 is 4.74 Å². The highest BCUT2D eigenvalue weighted by molar-refractivity contribution is 4.86. The summed E-state index contributed by atoms with van der Waals surface area (Å²) in [4.78, 5) is 0. The van der Waals surface area contributed by atoms with Gasteiger partial charge in [0.15, 0.2) is 0 Å². The predicted octanol–water partition coefficient (Wildman–Crippen LogP) is 1.52. The minimum absolute atomic E-state index is 0.418. The second-order valence-corrected chi connectivity index (χ2v) is 5.43. The summed E-state index contributed by atoms with van der Waals surface area (Å²) in [6, 6.07) is 1.15. The average molecular weight is 226 g/mol. The minimum atomic E-state index is 0.418. The van der Waals surface area contributed by atoms with E-state index in [1.807, 2.05) is 0 Å². The van der Waals surface area contributed by atoms with Crippen molar-refractivity contribution in [1.29, 1.82) is 0 Å². The molecule has 1 unspecified atom stereocenters. The van der Waals surface area contributed by atoms with Crippen LogP contribution in [0.2, 0.25) is 0 Å². The van der Waals surface area contributed by atoms with Gasteiger partial charge in [0, 0.05) is 25.3 Å². The largest absolute Gasteiger partial charge is 0.381 e. The molecule has 1 atom stereocenters. The monoisotopic (exact) mass is 226 g/mol. The molecular formula is C13H26N2O. The topological polar surface area (TPSA) is 47.3 Å². The van der Waals surface area contributed by atoms with Gasteiger partial charge in [-0.1, -0.05) is 0 Å². The summed E-state index contributed by atoms with van der Waals surface area (Å²) in [5.74, 6) is 1.47. The van der Waals surface area contributed by atoms with Gasteiger partial charge in [0.05, 0.1) is 0 Å². The zero-order chi connectivity index (χ0) is 11.4. The van der Waals surface area contributed by atoms with E-state index in [1.54, 1.807) is 0 Å². The van der Waals surface area contributed by atoms with Gasteiger partial charge in [-0.05, 0) is 57.4 Å². The highest BCUT2D eigenvalue weighted by Crippen LogP contribution is 2.31. The van der Waals surface area contributed by atoms with Gasteiger partial charge in [0.1, 0.15) is 0 Å². The number of hydrogen-bond donors (Lipinski definition) is 2. The quantitative estimate of drug-likeness (QED) is 0.767. The summed E-state index contributed by atoms with van der Waals surface area (Å²) in [6.07, 6.45) is 7.57. The van der Waals surface area contributed by atoms with Gasteiger partial charge in [-0.25, -0.2) is 0 Å². The SMILES string of the molecule is CNC1CCC(C(N)C2CCOCC2)CC1. The van der Waals surface area contributed by atoms with E-state index in [-0.39, 0.29) is 0 Å². The molecule has 0 amide bonds. The van der Waals surface area contributed by atoms with Crippen LogP contribution >= 0.6 is 0 Å². The molecule has 2 rings (SSSR count). The van der Waals surface area contributed by atoms with Gasteiger partial charge < -0.3 is 15.8 Å². The van der Waals surface area contributed by atoms with Crippen molar-refractivity contribution in [3.63, 3.8) is 0 Å². The van der Waals surface area contributed by atoms with Crippen LogP contribution < -0.4 is 11.1 Å². The van der Waals surface area contributed by atoms with E-state index in [2.05, 4.69) is 12.4 Å². The number of rotatable bonds is 3. The first-order valence-corrected chi connectivity index (χ1v) is 6.82. The standard InChI is InChI=1S/C13H26N2O/c1-15-12-4-2-10(3-5-12)13(14)11-6-8-16-9-7-11/h10-13,15H,2-9,14H2,1H3. The molecule has 0 aromatic heterocycles. The van der Waals surface area contributed by atoms with Crippen molar-refractivity contribution >= 4 is 0 Å². The third kappa shape index (κ3) is 2.96. The summed E-state index contributed by atoms with van der Waals surface area (Å²) >= 11 is 0. The van der Waals surface area contributed by atoms with Crippen LogP contribution in [0.5, 0.6) is 0 Å². The number of ether oxygens (including phenoxy) is 1. The number of nitrogens with one attached hydrogen (secondary N) is 1. The van der Waals surface area contributed by atoms with Crippen molar-refractivity contribution in [3.05, 3.63) is 0 Å². The predicted molar refractivity (Wildman–Crippen MR) is 66.3 cm³/mol. The van der Waals surface area contributed by atoms with Gasteiger partial charge in [-0.15, -0.1) is 0 Å². The fourth-order valence-electron chi connectivity index (χ4n) is 3.28.